The van der Waals surface area contributed by atoms with E-state index in [9.17, 15) is 8.42 Å². The van der Waals surface area contributed by atoms with E-state index in [4.69, 9.17) is 5.14 Å². The molecule has 1 heterocycles. The van der Waals surface area contributed by atoms with Crippen LogP contribution >= 0.6 is 0 Å². The summed E-state index contributed by atoms with van der Waals surface area (Å²) >= 11 is 0. The van der Waals surface area contributed by atoms with Crippen LogP contribution in [-0.4, -0.2) is 13.4 Å². The van der Waals surface area contributed by atoms with Gasteiger partial charge in [0.1, 0.15) is 4.90 Å². The summed E-state index contributed by atoms with van der Waals surface area (Å²) in [6.45, 7) is 4.23. The Kier molecular flexibility index (Phi) is 4.44. The van der Waals surface area contributed by atoms with Crippen LogP contribution in [0.1, 0.15) is 44.7 Å². The van der Waals surface area contributed by atoms with Crippen molar-refractivity contribution in [2.45, 2.75) is 43.9 Å². The molecule has 1 aromatic rings. The summed E-state index contributed by atoms with van der Waals surface area (Å²) in [4.78, 5) is 4.25. The van der Waals surface area contributed by atoms with Crippen molar-refractivity contribution in [3.63, 3.8) is 0 Å². The lowest BCUT2D eigenvalue weighted by Crippen LogP contribution is -2.13. The van der Waals surface area contributed by atoms with Crippen LogP contribution < -0.4 is 5.14 Å². The number of hydrogen-bond donors (Lipinski definition) is 1. The molecule has 0 aliphatic heterocycles. The summed E-state index contributed by atoms with van der Waals surface area (Å²) in [5.41, 5.74) is 0.941. The van der Waals surface area contributed by atoms with Gasteiger partial charge in [-0.05, 0) is 25.0 Å². The molecule has 1 unspecified atom stereocenters. The number of rotatable bonds is 5. The van der Waals surface area contributed by atoms with Gasteiger partial charge < -0.3 is 0 Å². The van der Waals surface area contributed by atoms with E-state index >= 15 is 0 Å². The van der Waals surface area contributed by atoms with Crippen LogP contribution in [-0.2, 0) is 10.0 Å². The Labute approximate surface area is 96.9 Å². The standard InChI is InChI=1S/C11H18N2O2S/c1-3-5-9(4-2)11-7-6-10(8-13-11)16(12,14)15/h6-9H,3-5H2,1-2H3,(H2,12,14,15). The van der Waals surface area contributed by atoms with Crippen molar-refractivity contribution in [3.8, 4) is 0 Å². The van der Waals surface area contributed by atoms with E-state index in [1.54, 1.807) is 6.07 Å². The van der Waals surface area contributed by atoms with Gasteiger partial charge in [0, 0.05) is 17.8 Å². The van der Waals surface area contributed by atoms with Crippen molar-refractivity contribution in [2.75, 3.05) is 0 Å². The summed E-state index contributed by atoms with van der Waals surface area (Å²) < 4.78 is 22.1. The smallest absolute Gasteiger partial charge is 0.239 e. The lowest BCUT2D eigenvalue weighted by molar-refractivity contribution is 0.578. The van der Waals surface area contributed by atoms with Crippen LogP contribution in [0.15, 0.2) is 23.2 Å². The van der Waals surface area contributed by atoms with Crippen LogP contribution in [0, 0.1) is 0 Å². The van der Waals surface area contributed by atoms with E-state index in [2.05, 4.69) is 18.8 Å². The van der Waals surface area contributed by atoms with Crippen LogP contribution in [0.5, 0.6) is 0 Å². The molecule has 0 aliphatic rings. The Morgan fingerprint density at radius 2 is 2.06 bits per heavy atom. The Bertz CT molecular complexity index is 426. The SMILES string of the molecule is CCCC(CC)c1ccc(S(N)(=O)=O)cn1. The second kappa shape index (κ2) is 5.41. The van der Waals surface area contributed by atoms with Gasteiger partial charge in [0.15, 0.2) is 0 Å². The second-order valence-electron chi connectivity index (χ2n) is 3.86. The average Bonchev–Trinajstić information content (AvgIpc) is 2.25. The van der Waals surface area contributed by atoms with Gasteiger partial charge >= 0.3 is 0 Å². The summed E-state index contributed by atoms with van der Waals surface area (Å²) in [5.74, 6) is 0.402. The van der Waals surface area contributed by atoms with Gasteiger partial charge in [-0.15, -0.1) is 0 Å². The minimum Gasteiger partial charge on any atom is -0.260 e. The Morgan fingerprint density at radius 1 is 1.38 bits per heavy atom. The van der Waals surface area contributed by atoms with Crippen LogP contribution in [0.2, 0.25) is 0 Å². The highest BCUT2D eigenvalue weighted by Crippen LogP contribution is 2.23. The summed E-state index contributed by atoms with van der Waals surface area (Å²) in [6.07, 6.45) is 4.51. The van der Waals surface area contributed by atoms with Gasteiger partial charge in [0.05, 0.1) is 0 Å². The molecule has 1 rings (SSSR count). The molecule has 0 aliphatic carbocycles. The summed E-state index contributed by atoms with van der Waals surface area (Å²) in [7, 11) is -3.63. The molecule has 90 valence electrons. The summed E-state index contributed by atoms with van der Waals surface area (Å²) in [5, 5.41) is 5.01. The Hall–Kier alpha value is -0.940. The molecule has 0 fully saturated rings. The first-order chi connectivity index (χ1) is 7.49. The highest BCUT2D eigenvalue weighted by Gasteiger charge is 2.12. The van der Waals surface area contributed by atoms with Crippen molar-refractivity contribution in [2.24, 2.45) is 5.14 Å². The van der Waals surface area contributed by atoms with E-state index in [1.807, 2.05) is 0 Å². The van der Waals surface area contributed by atoms with E-state index in [0.29, 0.717) is 5.92 Å². The molecular weight excluding hydrogens is 224 g/mol. The number of nitrogens with zero attached hydrogens (tertiary/aromatic N) is 1. The monoisotopic (exact) mass is 242 g/mol. The fourth-order valence-corrected chi connectivity index (χ4v) is 2.17. The maximum absolute atomic E-state index is 11.0. The van der Waals surface area contributed by atoms with Crippen LogP contribution in [0.25, 0.3) is 0 Å². The zero-order chi connectivity index (χ0) is 12.2. The maximum Gasteiger partial charge on any atom is 0.239 e. The molecule has 5 heteroatoms. The number of sulfonamides is 1. The van der Waals surface area contributed by atoms with E-state index in [-0.39, 0.29) is 4.90 Å². The zero-order valence-electron chi connectivity index (χ0n) is 9.68. The van der Waals surface area contributed by atoms with Crippen molar-refractivity contribution in [3.05, 3.63) is 24.0 Å². The van der Waals surface area contributed by atoms with Crippen molar-refractivity contribution in [1.82, 2.24) is 4.98 Å². The Morgan fingerprint density at radius 3 is 2.44 bits per heavy atom. The highest BCUT2D eigenvalue weighted by atomic mass is 32.2. The van der Waals surface area contributed by atoms with Gasteiger partial charge in [0.2, 0.25) is 10.0 Å². The van der Waals surface area contributed by atoms with Crippen LogP contribution in [0.4, 0.5) is 0 Å². The fourth-order valence-electron chi connectivity index (χ4n) is 1.71. The number of hydrogen-bond acceptors (Lipinski definition) is 3. The molecule has 0 amide bonds. The Balaban J connectivity index is 2.93. The molecule has 0 spiro atoms. The third kappa shape index (κ3) is 3.28. The predicted molar refractivity (Wildman–Crippen MR) is 63.6 cm³/mol. The first-order valence-corrected chi connectivity index (χ1v) is 7.02. The topological polar surface area (TPSA) is 73.1 Å². The van der Waals surface area contributed by atoms with Gasteiger partial charge in [-0.25, -0.2) is 13.6 Å². The lowest BCUT2D eigenvalue weighted by atomic mass is 9.96. The van der Waals surface area contributed by atoms with Gasteiger partial charge in [-0.3, -0.25) is 4.98 Å². The van der Waals surface area contributed by atoms with Gasteiger partial charge in [-0.1, -0.05) is 20.3 Å². The molecule has 1 aromatic heterocycles. The number of pyridine rings is 1. The molecule has 1 atom stereocenters. The van der Waals surface area contributed by atoms with Crippen molar-refractivity contribution < 1.29 is 8.42 Å². The minimum absolute atomic E-state index is 0.0719. The largest absolute Gasteiger partial charge is 0.260 e. The van der Waals surface area contributed by atoms with E-state index in [1.165, 1.54) is 12.3 Å². The number of primary sulfonamides is 1. The molecule has 0 bridgehead atoms. The molecule has 0 aromatic carbocycles. The molecular formula is C11H18N2O2S. The summed E-state index contributed by atoms with van der Waals surface area (Å²) in [6, 6.07) is 3.28. The van der Waals surface area contributed by atoms with E-state index in [0.717, 1.165) is 25.0 Å². The first kappa shape index (κ1) is 13.1. The molecule has 0 radical (unpaired) electrons. The van der Waals surface area contributed by atoms with Gasteiger partial charge in [0.25, 0.3) is 0 Å². The van der Waals surface area contributed by atoms with E-state index < -0.39 is 10.0 Å². The number of nitrogens with two attached hydrogens (primary N) is 1. The maximum atomic E-state index is 11.0. The zero-order valence-corrected chi connectivity index (χ0v) is 10.5. The quantitative estimate of drug-likeness (QED) is 0.858. The molecule has 2 N–H and O–H groups in total. The second-order valence-corrected chi connectivity index (χ2v) is 5.42. The highest BCUT2D eigenvalue weighted by molar-refractivity contribution is 7.89. The molecule has 0 saturated carbocycles. The molecule has 4 nitrogen and oxygen atoms in total. The first-order valence-electron chi connectivity index (χ1n) is 5.47. The molecule has 0 saturated heterocycles. The van der Waals surface area contributed by atoms with Crippen molar-refractivity contribution in [1.29, 1.82) is 0 Å². The average molecular weight is 242 g/mol. The number of aromatic nitrogens is 1. The van der Waals surface area contributed by atoms with Crippen LogP contribution in [0.3, 0.4) is 0 Å². The fraction of sp³-hybridized carbons (Fsp3) is 0.545. The lowest BCUT2D eigenvalue weighted by Gasteiger charge is -2.13. The minimum atomic E-state index is -3.63. The molecule has 16 heavy (non-hydrogen) atoms. The predicted octanol–water partition coefficient (Wildman–Crippen LogP) is 2.02. The third-order valence-corrected chi connectivity index (χ3v) is 3.53. The normalized spacial score (nSPS) is 13.7. The third-order valence-electron chi connectivity index (χ3n) is 2.64. The van der Waals surface area contributed by atoms with Crippen molar-refractivity contribution >= 4 is 10.0 Å². The van der Waals surface area contributed by atoms with Gasteiger partial charge in [-0.2, -0.15) is 0 Å².